The van der Waals surface area contributed by atoms with Gasteiger partial charge in [-0.2, -0.15) is 0 Å². The summed E-state index contributed by atoms with van der Waals surface area (Å²) < 4.78 is 0. The van der Waals surface area contributed by atoms with E-state index in [4.69, 9.17) is 5.11 Å². The topological polar surface area (TPSA) is 20.2 Å². The summed E-state index contributed by atoms with van der Waals surface area (Å²) in [6, 6.07) is 0. The predicted molar refractivity (Wildman–Crippen MR) is 36.9 cm³/mol. The van der Waals surface area contributed by atoms with E-state index < -0.39 is 0 Å². The number of rotatable bonds is 4. The van der Waals surface area contributed by atoms with Crippen LogP contribution in [0, 0.1) is 5.92 Å². The minimum atomic E-state index is 0. The minimum absolute atomic E-state index is 0. The van der Waals surface area contributed by atoms with E-state index in [9.17, 15) is 0 Å². The zero-order valence-corrected chi connectivity index (χ0v) is 9.98. The minimum Gasteiger partial charge on any atom is -1.00 e. The van der Waals surface area contributed by atoms with E-state index in [1.807, 2.05) is 0 Å². The third-order valence-corrected chi connectivity index (χ3v) is 1.53. The van der Waals surface area contributed by atoms with Crippen molar-refractivity contribution in [3.8, 4) is 0 Å². The van der Waals surface area contributed by atoms with Crippen LogP contribution in [0.3, 0.4) is 0 Å². The first-order valence-electron chi connectivity index (χ1n) is 3.46. The summed E-state index contributed by atoms with van der Waals surface area (Å²) in [4.78, 5) is 0. The molecule has 0 rings (SSSR count). The van der Waals surface area contributed by atoms with Crippen LogP contribution >= 0.6 is 0 Å². The first kappa shape index (κ1) is 13.2. The standard InChI is InChI=1S/C7H16O.K.H/c1-3-5-7(4-2)6-8;;/h7-8H,3-6H2,1-2H3;;/q;+1;-1. The Hall–Kier alpha value is 1.60. The van der Waals surface area contributed by atoms with E-state index in [1.165, 1.54) is 12.8 Å². The van der Waals surface area contributed by atoms with Crippen LogP contribution in [0.25, 0.3) is 0 Å². The van der Waals surface area contributed by atoms with Gasteiger partial charge < -0.3 is 6.53 Å². The van der Waals surface area contributed by atoms with Crippen molar-refractivity contribution < 1.29 is 57.9 Å². The first-order valence-corrected chi connectivity index (χ1v) is 3.46. The van der Waals surface area contributed by atoms with Crippen molar-refractivity contribution in [3.63, 3.8) is 0 Å². The van der Waals surface area contributed by atoms with Gasteiger partial charge in [0.25, 0.3) is 0 Å². The molecule has 1 N–H and O–H groups in total. The molecule has 1 unspecified atom stereocenters. The van der Waals surface area contributed by atoms with Gasteiger partial charge in [-0.15, -0.1) is 0 Å². The van der Waals surface area contributed by atoms with Gasteiger partial charge in [0.2, 0.25) is 0 Å². The van der Waals surface area contributed by atoms with Gasteiger partial charge in [0, 0.05) is 6.61 Å². The molecule has 0 aliphatic rings. The van der Waals surface area contributed by atoms with Crippen molar-refractivity contribution in [1.29, 1.82) is 0 Å². The van der Waals surface area contributed by atoms with Crippen LogP contribution in [0.15, 0.2) is 0 Å². The van der Waals surface area contributed by atoms with Crippen LogP contribution in [0.1, 0.15) is 34.5 Å². The molecule has 0 radical (unpaired) electrons. The fourth-order valence-electron chi connectivity index (χ4n) is 0.833. The van der Waals surface area contributed by atoms with E-state index in [0.717, 1.165) is 6.42 Å². The van der Waals surface area contributed by atoms with Crippen LogP contribution in [0.4, 0.5) is 0 Å². The van der Waals surface area contributed by atoms with Crippen molar-refractivity contribution in [3.05, 3.63) is 0 Å². The second-order valence-corrected chi connectivity index (χ2v) is 2.25. The fourth-order valence-corrected chi connectivity index (χ4v) is 0.833. The summed E-state index contributed by atoms with van der Waals surface area (Å²) in [5, 5.41) is 8.66. The van der Waals surface area contributed by atoms with Gasteiger partial charge in [-0.05, 0) is 12.3 Å². The molecular weight excluding hydrogens is 139 g/mol. The Labute approximate surface area is 102 Å². The smallest absolute Gasteiger partial charge is 1.00 e. The Kier molecular flexibility index (Phi) is 14.1. The zero-order chi connectivity index (χ0) is 6.41. The molecule has 9 heavy (non-hydrogen) atoms. The van der Waals surface area contributed by atoms with Crippen LogP contribution in [-0.2, 0) is 0 Å². The van der Waals surface area contributed by atoms with Crippen LogP contribution < -0.4 is 51.4 Å². The number of hydrogen-bond donors (Lipinski definition) is 1. The molecule has 0 amide bonds. The van der Waals surface area contributed by atoms with Gasteiger partial charge in [-0.25, -0.2) is 0 Å². The Balaban J connectivity index is -0.000000245. The van der Waals surface area contributed by atoms with Gasteiger partial charge in [-0.1, -0.05) is 26.7 Å². The molecule has 2 heteroatoms. The number of aliphatic hydroxyl groups excluding tert-OH is 1. The summed E-state index contributed by atoms with van der Waals surface area (Å²) in [5.74, 6) is 0.556. The average Bonchev–Trinajstić information content (AvgIpc) is 1.83. The second-order valence-electron chi connectivity index (χ2n) is 2.25. The third kappa shape index (κ3) is 7.49. The number of hydrogen-bond acceptors (Lipinski definition) is 1. The molecule has 0 bridgehead atoms. The largest absolute Gasteiger partial charge is 1.00 e. The Morgan fingerprint density at radius 3 is 2.11 bits per heavy atom. The van der Waals surface area contributed by atoms with Crippen LogP contribution in [-0.4, -0.2) is 11.7 Å². The Bertz CT molecular complexity index is 48.9. The molecule has 0 aromatic carbocycles. The Morgan fingerprint density at radius 1 is 1.44 bits per heavy atom. The summed E-state index contributed by atoms with van der Waals surface area (Å²) in [5.41, 5.74) is 0. The maximum absolute atomic E-state index is 8.66. The van der Waals surface area contributed by atoms with E-state index in [-0.39, 0.29) is 52.8 Å². The third-order valence-electron chi connectivity index (χ3n) is 1.53. The molecule has 0 spiro atoms. The quantitative estimate of drug-likeness (QED) is 0.514. The second kappa shape index (κ2) is 9.60. The van der Waals surface area contributed by atoms with Crippen molar-refractivity contribution in [1.82, 2.24) is 0 Å². The molecule has 52 valence electrons. The molecule has 1 nitrogen and oxygen atoms in total. The zero-order valence-electron chi connectivity index (χ0n) is 7.85. The molecule has 0 heterocycles. The summed E-state index contributed by atoms with van der Waals surface area (Å²) in [6.07, 6.45) is 3.48. The SMILES string of the molecule is CCCC(CC)CO.[H-].[K+]. The number of aliphatic hydroxyl groups is 1. The van der Waals surface area contributed by atoms with Crippen molar-refractivity contribution in [2.75, 3.05) is 6.61 Å². The maximum Gasteiger partial charge on any atom is 1.00 e. The van der Waals surface area contributed by atoms with Gasteiger partial charge >= 0.3 is 51.4 Å². The van der Waals surface area contributed by atoms with Crippen molar-refractivity contribution >= 4 is 0 Å². The molecule has 0 aromatic heterocycles. The average molecular weight is 156 g/mol. The van der Waals surface area contributed by atoms with Crippen LogP contribution in [0.2, 0.25) is 0 Å². The summed E-state index contributed by atoms with van der Waals surface area (Å²) >= 11 is 0. The molecule has 0 saturated carbocycles. The summed E-state index contributed by atoms with van der Waals surface area (Å²) in [6.45, 7) is 4.64. The molecule has 0 aromatic rings. The molecule has 0 fully saturated rings. The van der Waals surface area contributed by atoms with E-state index in [1.54, 1.807) is 0 Å². The monoisotopic (exact) mass is 156 g/mol. The van der Waals surface area contributed by atoms with Gasteiger partial charge in [0.15, 0.2) is 0 Å². The van der Waals surface area contributed by atoms with Crippen LogP contribution in [0.5, 0.6) is 0 Å². The van der Waals surface area contributed by atoms with E-state index >= 15 is 0 Å². The molecule has 0 aliphatic carbocycles. The first-order chi connectivity index (χ1) is 3.85. The van der Waals surface area contributed by atoms with Gasteiger partial charge in [-0.3, -0.25) is 0 Å². The molecule has 0 aliphatic heterocycles. The van der Waals surface area contributed by atoms with E-state index in [2.05, 4.69) is 13.8 Å². The van der Waals surface area contributed by atoms with Crippen molar-refractivity contribution in [2.45, 2.75) is 33.1 Å². The maximum atomic E-state index is 8.66. The van der Waals surface area contributed by atoms with Gasteiger partial charge in [0.05, 0.1) is 0 Å². The molecule has 1 atom stereocenters. The van der Waals surface area contributed by atoms with Crippen molar-refractivity contribution in [2.24, 2.45) is 5.92 Å². The predicted octanol–water partition coefficient (Wildman–Crippen LogP) is -1.08. The fraction of sp³-hybridized carbons (Fsp3) is 1.00. The van der Waals surface area contributed by atoms with Gasteiger partial charge in [0.1, 0.15) is 0 Å². The summed E-state index contributed by atoms with van der Waals surface area (Å²) in [7, 11) is 0. The normalized spacial score (nSPS) is 12.3. The van der Waals surface area contributed by atoms with E-state index in [0.29, 0.717) is 12.5 Å². The Morgan fingerprint density at radius 2 is 2.00 bits per heavy atom. The molecule has 0 saturated heterocycles. The molecular formula is C7H17KO.